The molecule has 1 aliphatic rings. The fourth-order valence-electron chi connectivity index (χ4n) is 2.42. The van der Waals surface area contributed by atoms with Crippen molar-refractivity contribution < 1.29 is 4.79 Å². The smallest absolute Gasteiger partial charge is 0.229 e. The molecule has 2 aromatic heterocycles. The molecule has 0 bridgehead atoms. The van der Waals surface area contributed by atoms with Crippen molar-refractivity contribution >= 4 is 45.5 Å². The van der Waals surface area contributed by atoms with Gasteiger partial charge in [0, 0.05) is 22.6 Å². The largest absolute Gasteiger partial charge is 0.314 e. The van der Waals surface area contributed by atoms with Gasteiger partial charge in [0.25, 0.3) is 0 Å². The Bertz CT molecular complexity index is 613. The average molecular weight is 355 g/mol. The molecular weight excluding hydrogens is 336 g/mol. The summed E-state index contributed by atoms with van der Waals surface area (Å²) in [5, 5.41) is 17.2. The number of thiophene rings is 1. The molecule has 2 aromatic rings. The first-order chi connectivity index (χ1) is 10.7. The maximum Gasteiger partial charge on any atom is 0.229 e. The fraction of sp³-hybridized carbons (Fsp3) is 0.500. The summed E-state index contributed by atoms with van der Waals surface area (Å²) in [4.78, 5) is 13.6. The number of aromatic nitrogens is 2. The molecule has 5 nitrogen and oxygen atoms in total. The summed E-state index contributed by atoms with van der Waals surface area (Å²) in [5.74, 6) is 1.04. The van der Waals surface area contributed by atoms with E-state index in [1.165, 1.54) is 16.2 Å². The Morgan fingerprint density at radius 1 is 1.55 bits per heavy atom. The Morgan fingerprint density at radius 2 is 2.45 bits per heavy atom. The zero-order valence-electron chi connectivity index (χ0n) is 12.2. The zero-order chi connectivity index (χ0) is 15.4. The van der Waals surface area contributed by atoms with Crippen LogP contribution in [-0.4, -0.2) is 28.7 Å². The molecule has 118 valence electrons. The number of thioether (sulfide) groups is 1. The molecule has 2 atom stereocenters. The summed E-state index contributed by atoms with van der Waals surface area (Å²) in [7, 11) is 0. The van der Waals surface area contributed by atoms with Crippen molar-refractivity contribution in [3.63, 3.8) is 0 Å². The van der Waals surface area contributed by atoms with Crippen LogP contribution >= 0.6 is 34.4 Å². The lowest BCUT2D eigenvalue weighted by atomic mass is 9.93. The van der Waals surface area contributed by atoms with Gasteiger partial charge in [0.1, 0.15) is 0 Å². The van der Waals surface area contributed by atoms with Gasteiger partial charge in [-0.1, -0.05) is 29.2 Å². The van der Waals surface area contributed by atoms with Gasteiger partial charge in [0.05, 0.1) is 0 Å². The van der Waals surface area contributed by atoms with Gasteiger partial charge >= 0.3 is 0 Å². The molecular formula is C14H18N4OS3. The lowest BCUT2D eigenvalue weighted by molar-refractivity contribution is -0.120. The van der Waals surface area contributed by atoms with Crippen LogP contribution < -0.4 is 10.6 Å². The maximum atomic E-state index is 12.3. The molecule has 1 fully saturated rings. The van der Waals surface area contributed by atoms with E-state index >= 15 is 0 Å². The van der Waals surface area contributed by atoms with Crippen molar-refractivity contribution in [3.8, 4) is 0 Å². The highest BCUT2D eigenvalue weighted by Gasteiger charge is 2.25. The Morgan fingerprint density at radius 3 is 3.23 bits per heavy atom. The number of nitrogens with zero attached hydrogens (tertiary/aromatic N) is 2. The zero-order valence-corrected chi connectivity index (χ0v) is 14.7. The molecule has 0 radical (unpaired) electrons. The van der Waals surface area contributed by atoms with E-state index < -0.39 is 0 Å². The second-order valence-corrected chi connectivity index (χ2v) is 8.54. The van der Waals surface area contributed by atoms with Crippen molar-refractivity contribution in [2.45, 2.75) is 35.9 Å². The van der Waals surface area contributed by atoms with Crippen LogP contribution in [0.25, 0.3) is 0 Å². The Labute approximate surface area is 141 Å². The lowest BCUT2D eigenvalue weighted by Crippen LogP contribution is -2.40. The van der Waals surface area contributed by atoms with E-state index in [9.17, 15) is 4.79 Å². The van der Waals surface area contributed by atoms with Gasteiger partial charge in [-0.3, -0.25) is 4.79 Å². The average Bonchev–Trinajstić information content (AvgIpc) is 3.16. The van der Waals surface area contributed by atoms with Gasteiger partial charge in [0.2, 0.25) is 11.0 Å². The number of hydrogen-bond acceptors (Lipinski definition) is 7. The SMILES string of the molecule is C[C@H]1C[C@@H](C(=O)Nc2nnc(SCc3cccs3)s2)CCN1. The molecule has 3 heterocycles. The third-order valence-corrected chi connectivity index (χ3v) is 6.63. The Hall–Kier alpha value is -0.960. The van der Waals surface area contributed by atoms with E-state index in [1.807, 2.05) is 6.07 Å². The highest BCUT2D eigenvalue weighted by atomic mass is 32.2. The standard InChI is InChI=1S/C14H18N4OS3/c1-9-7-10(4-5-15-9)12(19)16-13-17-18-14(22-13)21-8-11-3-2-6-20-11/h2-3,6,9-10,15H,4-5,7-8H2,1H3,(H,16,17,19)/t9-,10-/m0/s1. The molecule has 3 rings (SSSR count). The van der Waals surface area contributed by atoms with Crippen LogP contribution in [0.3, 0.4) is 0 Å². The van der Waals surface area contributed by atoms with Gasteiger partial charge in [-0.15, -0.1) is 21.5 Å². The van der Waals surface area contributed by atoms with Crippen molar-refractivity contribution in [1.82, 2.24) is 15.5 Å². The minimum absolute atomic E-state index is 0.0688. The molecule has 1 saturated heterocycles. The van der Waals surface area contributed by atoms with Crippen LogP contribution in [0, 0.1) is 5.92 Å². The number of rotatable bonds is 5. The number of piperidine rings is 1. The first-order valence-electron chi connectivity index (χ1n) is 7.23. The van der Waals surface area contributed by atoms with E-state index in [4.69, 9.17) is 0 Å². The molecule has 0 spiro atoms. The molecule has 0 aromatic carbocycles. The summed E-state index contributed by atoms with van der Waals surface area (Å²) >= 11 is 4.84. The van der Waals surface area contributed by atoms with Crippen LogP contribution in [0.5, 0.6) is 0 Å². The number of carbonyl (C=O) groups is 1. The monoisotopic (exact) mass is 354 g/mol. The minimum atomic E-state index is 0.0688. The van der Waals surface area contributed by atoms with Gasteiger partial charge in [0.15, 0.2) is 4.34 Å². The van der Waals surface area contributed by atoms with Crippen molar-refractivity contribution in [2.24, 2.45) is 5.92 Å². The molecule has 8 heteroatoms. The number of amides is 1. The molecule has 0 unspecified atom stereocenters. The van der Waals surface area contributed by atoms with E-state index in [1.54, 1.807) is 23.1 Å². The normalized spacial score (nSPS) is 21.7. The van der Waals surface area contributed by atoms with Gasteiger partial charge in [-0.05, 0) is 37.8 Å². The van der Waals surface area contributed by atoms with Gasteiger partial charge in [-0.2, -0.15) is 0 Å². The predicted octanol–water partition coefficient (Wildman–Crippen LogP) is 3.22. The highest BCUT2D eigenvalue weighted by molar-refractivity contribution is 8.00. The maximum absolute atomic E-state index is 12.3. The van der Waals surface area contributed by atoms with Crippen LogP contribution in [0.2, 0.25) is 0 Å². The summed E-state index contributed by atoms with van der Waals surface area (Å²) in [5.41, 5.74) is 0. The summed E-state index contributed by atoms with van der Waals surface area (Å²) in [6, 6.07) is 4.56. The minimum Gasteiger partial charge on any atom is -0.314 e. The van der Waals surface area contributed by atoms with Crippen LogP contribution in [0.1, 0.15) is 24.6 Å². The summed E-state index contributed by atoms with van der Waals surface area (Å²) in [6.07, 6.45) is 1.76. The number of hydrogen-bond donors (Lipinski definition) is 2. The lowest BCUT2D eigenvalue weighted by Gasteiger charge is -2.26. The summed E-state index contributed by atoms with van der Waals surface area (Å²) in [6.45, 7) is 3.01. The quantitative estimate of drug-likeness (QED) is 0.637. The van der Waals surface area contributed by atoms with E-state index in [0.717, 1.165) is 29.5 Å². The molecule has 0 saturated carbocycles. The second kappa shape index (κ2) is 7.54. The Balaban J connectivity index is 1.51. The number of carbonyl (C=O) groups excluding carboxylic acids is 1. The first kappa shape index (κ1) is 15.9. The van der Waals surface area contributed by atoms with E-state index in [0.29, 0.717) is 11.2 Å². The van der Waals surface area contributed by atoms with Crippen molar-refractivity contribution in [2.75, 3.05) is 11.9 Å². The molecule has 1 aliphatic heterocycles. The summed E-state index contributed by atoms with van der Waals surface area (Å²) < 4.78 is 0.891. The van der Waals surface area contributed by atoms with Gasteiger partial charge in [-0.25, -0.2) is 0 Å². The fourth-order valence-corrected chi connectivity index (χ4v) is 4.95. The van der Waals surface area contributed by atoms with Crippen molar-refractivity contribution in [1.29, 1.82) is 0 Å². The van der Waals surface area contributed by atoms with Crippen molar-refractivity contribution in [3.05, 3.63) is 22.4 Å². The molecule has 2 N–H and O–H groups in total. The van der Waals surface area contributed by atoms with Crippen LogP contribution in [-0.2, 0) is 10.5 Å². The van der Waals surface area contributed by atoms with Crippen LogP contribution in [0.4, 0.5) is 5.13 Å². The molecule has 22 heavy (non-hydrogen) atoms. The second-order valence-electron chi connectivity index (χ2n) is 5.31. The van der Waals surface area contributed by atoms with Crippen LogP contribution in [0.15, 0.2) is 21.9 Å². The third-order valence-electron chi connectivity index (χ3n) is 3.55. The highest BCUT2D eigenvalue weighted by Crippen LogP contribution is 2.30. The Kier molecular flexibility index (Phi) is 5.46. The molecule has 1 amide bonds. The predicted molar refractivity (Wildman–Crippen MR) is 92.6 cm³/mol. The molecule has 0 aliphatic carbocycles. The number of nitrogens with one attached hydrogen (secondary N) is 2. The third kappa shape index (κ3) is 4.28. The van der Waals surface area contributed by atoms with Gasteiger partial charge < -0.3 is 10.6 Å². The first-order valence-corrected chi connectivity index (χ1v) is 9.92. The van der Waals surface area contributed by atoms with E-state index in [-0.39, 0.29) is 11.8 Å². The number of anilines is 1. The topological polar surface area (TPSA) is 66.9 Å². The van der Waals surface area contributed by atoms with E-state index in [2.05, 4.69) is 39.2 Å².